The molecule has 1 fully saturated rings. The molecule has 10 heteroatoms. The summed E-state index contributed by atoms with van der Waals surface area (Å²) >= 11 is 6.06. The maximum atomic E-state index is 13.5. The molecule has 0 bridgehead atoms. The van der Waals surface area contributed by atoms with Gasteiger partial charge in [0.15, 0.2) is 5.72 Å². The van der Waals surface area contributed by atoms with Crippen molar-refractivity contribution < 1.29 is 28.7 Å². The van der Waals surface area contributed by atoms with Crippen LogP contribution in [-0.2, 0) is 23.9 Å². The molecule has 0 radical (unpaired) electrons. The highest BCUT2D eigenvalue weighted by Gasteiger charge is 2.41. The van der Waals surface area contributed by atoms with Crippen LogP contribution in [0.25, 0.3) is 0 Å². The van der Waals surface area contributed by atoms with Crippen molar-refractivity contribution in [3.63, 3.8) is 0 Å². The van der Waals surface area contributed by atoms with Gasteiger partial charge >= 0.3 is 18.0 Å². The summed E-state index contributed by atoms with van der Waals surface area (Å²) in [4.78, 5) is 51.8. The Morgan fingerprint density at radius 1 is 1.11 bits per heavy atom. The van der Waals surface area contributed by atoms with Gasteiger partial charge in [-0.3, -0.25) is 14.4 Å². The molecule has 1 heterocycles. The summed E-state index contributed by atoms with van der Waals surface area (Å²) in [6.45, 7) is 14.1. The van der Waals surface area contributed by atoms with E-state index in [1.165, 1.54) is 19.4 Å². The Morgan fingerprint density at radius 3 is 2.26 bits per heavy atom. The summed E-state index contributed by atoms with van der Waals surface area (Å²) in [6.07, 6.45) is 0.524. The molecule has 2 N–H and O–H groups in total. The number of hydrogen-bond donors (Lipinski definition) is 2. The normalized spacial score (nSPS) is 17.9. The molecular formula is C28H42ClN3O6. The van der Waals surface area contributed by atoms with Crippen molar-refractivity contribution in [2.75, 3.05) is 19.7 Å². The van der Waals surface area contributed by atoms with Crippen LogP contribution in [-0.4, -0.2) is 60.2 Å². The van der Waals surface area contributed by atoms with E-state index in [-0.39, 0.29) is 42.6 Å². The van der Waals surface area contributed by atoms with Gasteiger partial charge in [0.05, 0.1) is 19.4 Å². The van der Waals surface area contributed by atoms with Gasteiger partial charge in [0.1, 0.15) is 6.04 Å². The van der Waals surface area contributed by atoms with Crippen molar-refractivity contribution in [3.8, 4) is 0 Å². The van der Waals surface area contributed by atoms with Crippen LogP contribution >= 0.6 is 11.6 Å². The minimum atomic E-state index is -1.35. The topological polar surface area (TPSA) is 114 Å². The minimum Gasteiger partial charge on any atom is -0.466 e. The van der Waals surface area contributed by atoms with Crippen molar-refractivity contribution in [1.82, 2.24) is 15.5 Å². The summed E-state index contributed by atoms with van der Waals surface area (Å²) in [7, 11) is 0. The molecule has 1 aromatic rings. The van der Waals surface area contributed by atoms with Crippen molar-refractivity contribution in [1.29, 1.82) is 0 Å². The molecule has 0 saturated carbocycles. The predicted molar refractivity (Wildman–Crippen MR) is 146 cm³/mol. The molecular weight excluding hydrogens is 510 g/mol. The average Bonchev–Trinajstić information content (AvgIpc) is 2.80. The first-order chi connectivity index (χ1) is 17.6. The Bertz CT molecular complexity index is 993. The zero-order valence-corrected chi connectivity index (χ0v) is 24.3. The monoisotopic (exact) mass is 551 g/mol. The fourth-order valence-corrected chi connectivity index (χ4v) is 4.94. The first kappa shape index (κ1) is 31.4. The van der Waals surface area contributed by atoms with Gasteiger partial charge < -0.3 is 25.0 Å². The Morgan fingerprint density at radius 2 is 1.71 bits per heavy atom. The summed E-state index contributed by atoms with van der Waals surface area (Å²) < 4.78 is 10.1. The number of halogens is 1. The number of esters is 2. The van der Waals surface area contributed by atoms with Gasteiger partial charge in [0, 0.05) is 18.1 Å². The van der Waals surface area contributed by atoms with Crippen LogP contribution < -0.4 is 10.6 Å². The van der Waals surface area contributed by atoms with E-state index < -0.39 is 29.7 Å². The number of carbonyl (C=O) groups excluding carboxylic acids is 4. The summed E-state index contributed by atoms with van der Waals surface area (Å²) in [6, 6.07) is 6.48. The molecule has 1 aliphatic rings. The SMILES string of the molecule is CCOC(=O)CCC(=O)OC(C)(C)NC(=O)NC(C(=O)N1CCC(c2ccc(Cl)cc2)C(C)(C)C1)C(C)C. The Labute approximate surface area is 230 Å². The molecule has 9 nitrogen and oxygen atoms in total. The smallest absolute Gasteiger partial charge is 0.318 e. The second-order valence-electron chi connectivity index (χ2n) is 11.3. The van der Waals surface area contributed by atoms with Gasteiger partial charge in [-0.1, -0.05) is 51.4 Å². The van der Waals surface area contributed by atoms with E-state index in [4.69, 9.17) is 21.1 Å². The third-order valence-electron chi connectivity index (χ3n) is 6.65. The van der Waals surface area contributed by atoms with Gasteiger partial charge in [0.2, 0.25) is 5.91 Å². The predicted octanol–water partition coefficient (Wildman–Crippen LogP) is 4.63. The van der Waals surface area contributed by atoms with Crippen molar-refractivity contribution >= 4 is 35.5 Å². The lowest BCUT2D eigenvalue weighted by atomic mass is 9.70. The van der Waals surface area contributed by atoms with Crippen LogP contribution in [0, 0.1) is 11.3 Å². The van der Waals surface area contributed by atoms with Crippen LogP contribution in [0.5, 0.6) is 0 Å². The maximum Gasteiger partial charge on any atom is 0.318 e. The first-order valence-electron chi connectivity index (χ1n) is 13.2. The summed E-state index contributed by atoms with van der Waals surface area (Å²) in [5.74, 6) is -1.18. The van der Waals surface area contributed by atoms with E-state index in [0.29, 0.717) is 18.1 Å². The number of likely N-dealkylation sites (tertiary alicyclic amines) is 1. The third kappa shape index (κ3) is 9.19. The quantitative estimate of drug-likeness (QED) is 0.324. The van der Waals surface area contributed by atoms with Gasteiger partial charge in [0.25, 0.3) is 0 Å². The average molecular weight is 552 g/mol. The van der Waals surface area contributed by atoms with Gasteiger partial charge in [-0.15, -0.1) is 0 Å². The highest BCUT2D eigenvalue weighted by Crippen LogP contribution is 2.42. The molecule has 1 aromatic carbocycles. The molecule has 2 unspecified atom stereocenters. The Hall–Kier alpha value is -2.81. The number of amides is 3. The standard InChI is InChI=1S/C28H42ClN3O6/c1-8-37-22(33)13-14-23(34)38-28(6,7)31-26(36)30-24(18(2)3)25(35)32-16-15-21(27(4,5)17-32)19-9-11-20(29)12-10-19/h9-12,18,21,24H,8,13-17H2,1-7H3,(H2,30,31,36). The molecule has 212 valence electrons. The lowest BCUT2D eigenvalue weighted by Gasteiger charge is -2.45. The van der Waals surface area contributed by atoms with E-state index in [0.717, 1.165) is 6.42 Å². The second kappa shape index (κ2) is 13.3. The number of benzene rings is 1. The lowest BCUT2D eigenvalue weighted by Crippen LogP contribution is -2.59. The highest BCUT2D eigenvalue weighted by molar-refractivity contribution is 6.30. The maximum absolute atomic E-state index is 13.5. The molecule has 38 heavy (non-hydrogen) atoms. The van der Waals surface area contributed by atoms with E-state index in [2.05, 4.69) is 24.5 Å². The largest absolute Gasteiger partial charge is 0.466 e. The van der Waals surface area contributed by atoms with Crippen molar-refractivity contribution in [3.05, 3.63) is 34.9 Å². The number of urea groups is 1. The number of piperidine rings is 1. The van der Waals surface area contributed by atoms with Gasteiger partial charge in [-0.05, 0) is 62.1 Å². The highest BCUT2D eigenvalue weighted by atomic mass is 35.5. The first-order valence-corrected chi connectivity index (χ1v) is 13.5. The third-order valence-corrected chi connectivity index (χ3v) is 6.91. The van der Waals surface area contributed by atoms with Crippen LogP contribution in [0.3, 0.4) is 0 Å². The summed E-state index contributed by atoms with van der Waals surface area (Å²) in [5.41, 5.74) is -0.326. The van der Waals surface area contributed by atoms with E-state index in [1.54, 1.807) is 6.92 Å². The van der Waals surface area contributed by atoms with Crippen molar-refractivity contribution in [2.45, 2.75) is 85.4 Å². The van der Waals surface area contributed by atoms with Crippen LogP contribution in [0.15, 0.2) is 24.3 Å². The molecule has 1 aliphatic heterocycles. The van der Waals surface area contributed by atoms with Gasteiger partial charge in [-0.2, -0.15) is 0 Å². The molecule has 1 saturated heterocycles. The van der Waals surface area contributed by atoms with Gasteiger partial charge in [-0.25, -0.2) is 4.79 Å². The zero-order valence-electron chi connectivity index (χ0n) is 23.6. The fourth-order valence-electron chi connectivity index (χ4n) is 4.82. The van der Waals surface area contributed by atoms with Crippen molar-refractivity contribution in [2.24, 2.45) is 11.3 Å². The minimum absolute atomic E-state index is 0.107. The number of nitrogens with zero attached hydrogens (tertiary/aromatic N) is 1. The Kier molecular flexibility index (Phi) is 11.0. The fraction of sp³-hybridized carbons (Fsp3) is 0.643. The molecule has 0 aliphatic carbocycles. The van der Waals surface area contributed by atoms with E-state index >= 15 is 0 Å². The molecule has 2 atom stereocenters. The number of nitrogens with one attached hydrogen (secondary N) is 2. The molecule has 0 spiro atoms. The van der Waals surface area contributed by atoms with Crippen LogP contribution in [0.1, 0.15) is 79.2 Å². The number of ether oxygens (including phenoxy) is 2. The molecule has 2 rings (SSSR count). The Balaban J connectivity index is 1.98. The second-order valence-corrected chi connectivity index (χ2v) is 11.7. The van der Waals surface area contributed by atoms with E-state index in [1.807, 2.05) is 43.0 Å². The molecule has 0 aromatic heterocycles. The number of hydrogen-bond acceptors (Lipinski definition) is 6. The zero-order chi connectivity index (χ0) is 28.7. The van der Waals surface area contributed by atoms with E-state index in [9.17, 15) is 19.2 Å². The van der Waals surface area contributed by atoms with Crippen LogP contribution in [0.4, 0.5) is 4.79 Å². The number of carbonyl (C=O) groups is 4. The molecule has 3 amide bonds. The summed E-state index contributed by atoms with van der Waals surface area (Å²) in [5, 5.41) is 6.06. The number of rotatable bonds is 10. The van der Waals surface area contributed by atoms with Crippen LogP contribution in [0.2, 0.25) is 5.02 Å². The lowest BCUT2D eigenvalue weighted by molar-refractivity contribution is -0.161.